The molecule has 1 aliphatic rings. The second kappa shape index (κ2) is 4.63. The number of fused-ring (bicyclic) bond motifs is 2. The van der Waals surface area contributed by atoms with Gasteiger partial charge in [0.15, 0.2) is 5.78 Å². The monoisotopic (exact) mass is 298 g/mol. The molecule has 0 saturated carbocycles. The lowest BCUT2D eigenvalue weighted by atomic mass is 9.82. The molecule has 3 aromatic rings. The Morgan fingerprint density at radius 1 is 1.29 bits per heavy atom. The van der Waals surface area contributed by atoms with Crippen molar-refractivity contribution < 1.29 is 4.79 Å². The second-order valence-electron chi connectivity index (χ2n) is 5.19. The van der Waals surface area contributed by atoms with Gasteiger partial charge in [-0.2, -0.15) is 10.1 Å². The fraction of sp³-hybridized carbons (Fsp3) is 0.200. The van der Waals surface area contributed by atoms with Gasteiger partial charge in [-0.3, -0.25) is 4.79 Å². The van der Waals surface area contributed by atoms with Crippen LogP contribution >= 0.6 is 11.6 Å². The fourth-order valence-corrected chi connectivity index (χ4v) is 3.02. The Morgan fingerprint density at radius 2 is 2.19 bits per heavy atom. The number of rotatable bonds is 1. The topological polar surface area (TPSA) is 60.2 Å². The Morgan fingerprint density at radius 3 is 3.05 bits per heavy atom. The van der Waals surface area contributed by atoms with Gasteiger partial charge in [-0.15, -0.1) is 0 Å². The summed E-state index contributed by atoms with van der Waals surface area (Å²) in [4.78, 5) is 20.9. The number of hydrogen-bond acceptors (Lipinski definition) is 4. The summed E-state index contributed by atoms with van der Waals surface area (Å²) < 4.78 is 1.54. The molecule has 0 fully saturated rings. The Bertz CT molecular complexity index is 858. The highest BCUT2D eigenvalue weighted by atomic mass is 35.5. The van der Waals surface area contributed by atoms with Crippen molar-refractivity contribution in [2.75, 3.05) is 0 Å². The van der Waals surface area contributed by atoms with E-state index in [1.807, 2.05) is 24.3 Å². The molecule has 4 rings (SSSR count). The van der Waals surface area contributed by atoms with Crippen LogP contribution in [0.3, 0.4) is 0 Å². The van der Waals surface area contributed by atoms with E-state index in [2.05, 4.69) is 15.1 Å². The lowest BCUT2D eigenvalue weighted by Gasteiger charge is -2.23. The van der Waals surface area contributed by atoms with Gasteiger partial charge in [0.2, 0.25) is 0 Å². The molecule has 6 heteroatoms. The molecule has 104 valence electrons. The van der Waals surface area contributed by atoms with Gasteiger partial charge in [-0.05, 0) is 30.0 Å². The molecule has 0 unspecified atom stereocenters. The number of nitrogens with zero attached hydrogens (tertiary/aromatic N) is 4. The molecule has 1 aromatic carbocycles. The molecule has 0 bridgehead atoms. The number of benzene rings is 1. The molecule has 21 heavy (non-hydrogen) atoms. The minimum atomic E-state index is 0.0890. The molecule has 2 heterocycles. The van der Waals surface area contributed by atoms with Gasteiger partial charge in [0.05, 0.1) is 11.3 Å². The highest BCUT2D eigenvalue weighted by molar-refractivity contribution is 6.30. The maximum Gasteiger partial charge on any atom is 0.252 e. The molecule has 1 aliphatic carbocycles. The van der Waals surface area contributed by atoms with Crippen molar-refractivity contribution in [1.29, 1.82) is 0 Å². The summed E-state index contributed by atoms with van der Waals surface area (Å²) in [6, 6.07) is 7.67. The van der Waals surface area contributed by atoms with E-state index in [1.54, 1.807) is 6.20 Å². The van der Waals surface area contributed by atoms with Gasteiger partial charge < -0.3 is 0 Å². The van der Waals surface area contributed by atoms with E-state index in [0.717, 1.165) is 11.3 Å². The van der Waals surface area contributed by atoms with Crippen LogP contribution in [0.5, 0.6) is 0 Å². The zero-order valence-electron chi connectivity index (χ0n) is 11.0. The summed E-state index contributed by atoms with van der Waals surface area (Å²) in [5.74, 6) is 0.723. The molecule has 0 spiro atoms. The molecular weight excluding hydrogens is 288 g/mol. The van der Waals surface area contributed by atoms with Crippen LogP contribution in [0.15, 0.2) is 36.8 Å². The smallest absolute Gasteiger partial charge is 0.252 e. The summed E-state index contributed by atoms with van der Waals surface area (Å²) in [5.41, 5.74) is 2.51. The van der Waals surface area contributed by atoms with Crippen LogP contribution in [0.2, 0.25) is 5.02 Å². The van der Waals surface area contributed by atoms with Crippen molar-refractivity contribution in [2.24, 2.45) is 0 Å². The van der Waals surface area contributed by atoms with Crippen LogP contribution in [0.25, 0.3) is 5.78 Å². The molecule has 0 radical (unpaired) electrons. The molecule has 0 saturated heterocycles. The molecule has 2 aromatic heterocycles. The van der Waals surface area contributed by atoms with Crippen molar-refractivity contribution in [1.82, 2.24) is 19.6 Å². The maximum atomic E-state index is 12.4. The zero-order chi connectivity index (χ0) is 14.4. The standard InChI is InChI=1S/C15H11ClN4O/c16-11-3-1-2-9(4-11)10-5-13-12(14(21)6-10)7-20-15(19-13)17-8-18-20/h1-4,7-8,10H,5-6H2/t10-/m0/s1. The molecule has 5 nitrogen and oxygen atoms in total. The predicted molar refractivity (Wildman–Crippen MR) is 77.6 cm³/mol. The van der Waals surface area contributed by atoms with E-state index < -0.39 is 0 Å². The third-order valence-electron chi connectivity index (χ3n) is 3.84. The lowest BCUT2D eigenvalue weighted by molar-refractivity contribution is 0.0962. The lowest BCUT2D eigenvalue weighted by Crippen LogP contribution is -2.21. The van der Waals surface area contributed by atoms with E-state index in [9.17, 15) is 4.79 Å². The Balaban J connectivity index is 1.78. The van der Waals surface area contributed by atoms with Crippen molar-refractivity contribution >= 4 is 23.2 Å². The maximum absolute atomic E-state index is 12.4. The first-order valence-corrected chi connectivity index (χ1v) is 7.06. The largest absolute Gasteiger partial charge is 0.294 e. The average Bonchev–Trinajstić information content (AvgIpc) is 2.92. The van der Waals surface area contributed by atoms with Crippen LogP contribution in [0.1, 0.15) is 34.0 Å². The zero-order valence-corrected chi connectivity index (χ0v) is 11.8. The number of hydrogen-bond donors (Lipinski definition) is 0. The van der Waals surface area contributed by atoms with Gasteiger partial charge in [-0.1, -0.05) is 23.7 Å². The summed E-state index contributed by atoms with van der Waals surface area (Å²) in [5, 5.41) is 4.71. The number of carbonyl (C=O) groups is 1. The summed E-state index contributed by atoms with van der Waals surface area (Å²) in [6.07, 6.45) is 4.34. The molecule has 0 amide bonds. The summed E-state index contributed by atoms with van der Waals surface area (Å²) in [6.45, 7) is 0. The van der Waals surface area contributed by atoms with Crippen LogP contribution in [-0.4, -0.2) is 25.4 Å². The second-order valence-corrected chi connectivity index (χ2v) is 5.63. The van der Waals surface area contributed by atoms with Crippen molar-refractivity contribution in [2.45, 2.75) is 18.8 Å². The van der Waals surface area contributed by atoms with Crippen LogP contribution in [-0.2, 0) is 6.42 Å². The van der Waals surface area contributed by atoms with E-state index in [-0.39, 0.29) is 11.7 Å². The van der Waals surface area contributed by atoms with Crippen molar-refractivity contribution in [3.63, 3.8) is 0 Å². The number of ketones is 1. The molecule has 1 atom stereocenters. The van der Waals surface area contributed by atoms with E-state index in [1.165, 1.54) is 10.8 Å². The first-order chi connectivity index (χ1) is 10.2. The van der Waals surface area contributed by atoms with Gasteiger partial charge in [0.1, 0.15) is 6.33 Å². The predicted octanol–water partition coefficient (Wildman–Crippen LogP) is 2.69. The van der Waals surface area contributed by atoms with Crippen molar-refractivity contribution in [3.8, 4) is 0 Å². The number of aromatic nitrogens is 4. The minimum absolute atomic E-state index is 0.0890. The van der Waals surface area contributed by atoms with Crippen LogP contribution in [0.4, 0.5) is 0 Å². The average molecular weight is 299 g/mol. The first kappa shape index (κ1) is 12.5. The Kier molecular flexibility index (Phi) is 2.75. The van der Waals surface area contributed by atoms with Crippen LogP contribution in [0, 0.1) is 0 Å². The molecular formula is C15H11ClN4O. The fourth-order valence-electron chi connectivity index (χ4n) is 2.82. The van der Waals surface area contributed by atoms with Crippen LogP contribution < -0.4 is 0 Å². The normalized spacial score (nSPS) is 18.0. The third-order valence-corrected chi connectivity index (χ3v) is 4.08. The Hall–Kier alpha value is -2.27. The SMILES string of the molecule is O=C1C[C@@H](c2cccc(Cl)c2)Cc2nc3ncnn3cc21. The van der Waals surface area contributed by atoms with E-state index >= 15 is 0 Å². The van der Waals surface area contributed by atoms with E-state index in [4.69, 9.17) is 11.6 Å². The molecule has 0 aliphatic heterocycles. The highest BCUT2D eigenvalue weighted by Crippen LogP contribution is 2.32. The summed E-state index contributed by atoms with van der Waals surface area (Å²) >= 11 is 6.04. The van der Waals surface area contributed by atoms with Gasteiger partial charge >= 0.3 is 0 Å². The van der Waals surface area contributed by atoms with Crippen molar-refractivity contribution in [3.05, 3.63) is 58.6 Å². The Labute approximate surface area is 125 Å². The highest BCUT2D eigenvalue weighted by Gasteiger charge is 2.28. The third kappa shape index (κ3) is 2.10. The number of carbonyl (C=O) groups excluding carboxylic acids is 1. The van der Waals surface area contributed by atoms with Gasteiger partial charge in [0.25, 0.3) is 5.78 Å². The number of halogens is 1. The van der Waals surface area contributed by atoms with Gasteiger partial charge in [0, 0.05) is 17.6 Å². The molecule has 0 N–H and O–H groups in total. The quantitative estimate of drug-likeness (QED) is 0.693. The van der Waals surface area contributed by atoms with E-state index in [0.29, 0.717) is 29.2 Å². The number of Topliss-reactive ketones (excluding diaryl/α,β-unsaturated/α-hetero) is 1. The minimum Gasteiger partial charge on any atom is -0.294 e. The van der Waals surface area contributed by atoms with Gasteiger partial charge in [-0.25, -0.2) is 9.50 Å². The summed E-state index contributed by atoms with van der Waals surface area (Å²) in [7, 11) is 0. The first-order valence-electron chi connectivity index (χ1n) is 6.68.